The molecule has 1 fully saturated rings. The van der Waals surface area contributed by atoms with Crippen LogP contribution in [0.15, 0.2) is 41.4 Å². The van der Waals surface area contributed by atoms with Gasteiger partial charge in [0.2, 0.25) is 10.0 Å². The number of halogens is 1. The summed E-state index contributed by atoms with van der Waals surface area (Å²) < 4.78 is 37.6. The van der Waals surface area contributed by atoms with Gasteiger partial charge in [-0.1, -0.05) is 17.7 Å². The summed E-state index contributed by atoms with van der Waals surface area (Å²) in [7, 11) is -2.34. The average molecular weight is 411 g/mol. The number of aromatic nitrogens is 1. The number of methoxy groups -OCH3 is 1. The summed E-state index contributed by atoms with van der Waals surface area (Å²) in [6.07, 6.45) is 3.14. The molecule has 0 N–H and O–H groups in total. The second-order valence-electron chi connectivity index (χ2n) is 6.04. The fourth-order valence-corrected chi connectivity index (χ4v) is 4.61. The fourth-order valence-electron chi connectivity index (χ4n) is 2.80. The van der Waals surface area contributed by atoms with Crippen LogP contribution in [-0.2, 0) is 21.4 Å². The predicted octanol–water partition coefficient (Wildman–Crippen LogP) is 2.89. The summed E-state index contributed by atoms with van der Waals surface area (Å²) in [5.74, 6) is -0.439. The average Bonchev–Trinajstić information content (AvgIpc) is 3.22. The first kappa shape index (κ1) is 19.6. The highest BCUT2D eigenvalue weighted by atomic mass is 35.5. The van der Waals surface area contributed by atoms with Crippen molar-refractivity contribution in [3.63, 3.8) is 0 Å². The van der Waals surface area contributed by atoms with E-state index in [9.17, 15) is 13.2 Å². The Morgan fingerprint density at radius 3 is 2.59 bits per heavy atom. The Kier molecular flexibility index (Phi) is 5.98. The van der Waals surface area contributed by atoms with Crippen molar-refractivity contribution in [2.24, 2.45) is 0 Å². The van der Waals surface area contributed by atoms with E-state index < -0.39 is 16.0 Å². The van der Waals surface area contributed by atoms with Gasteiger partial charge in [-0.05, 0) is 37.1 Å². The highest BCUT2D eigenvalue weighted by Gasteiger charge is 2.30. The first-order valence-corrected chi connectivity index (χ1v) is 10.2. The maximum absolute atomic E-state index is 12.9. The van der Waals surface area contributed by atoms with Crippen molar-refractivity contribution in [2.45, 2.75) is 24.3 Å². The Labute approximate surface area is 162 Å². The summed E-state index contributed by atoms with van der Waals surface area (Å²) in [5, 5.41) is 0.344. The quantitative estimate of drug-likeness (QED) is 0.537. The number of pyridine rings is 1. The van der Waals surface area contributed by atoms with E-state index in [0.717, 1.165) is 12.8 Å². The summed E-state index contributed by atoms with van der Waals surface area (Å²) in [6.45, 7) is 0.927. The van der Waals surface area contributed by atoms with Crippen LogP contribution in [0.2, 0.25) is 5.15 Å². The number of nitrogens with zero attached hydrogens (tertiary/aromatic N) is 2. The zero-order chi connectivity index (χ0) is 19.4. The second-order valence-corrected chi connectivity index (χ2v) is 8.34. The van der Waals surface area contributed by atoms with Gasteiger partial charge in [0.1, 0.15) is 22.4 Å². The van der Waals surface area contributed by atoms with Crippen molar-refractivity contribution in [3.8, 4) is 5.75 Å². The number of hydrogen-bond acceptors (Lipinski definition) is 6. The zero-order valence-electron chi connectivity index (χ0n) is 14.7. The maximum Gasteiger partial charge on any atom is 0.338 e. The third-order valence-electron chi connectivity index (χ3n) is 4.24. The Morgan fingerprint density at radius 2 is 1.96 bits per heavy atom. The van der Waals surface area contributed by atoms with Crippen molar-refractivity contribution in [2.75, 3.05) is 20.2 Å². The maximum atomic E-state index is 12.9. The van der Waals surface area contributed by atoms with Gasteiger partial charge in [-0.15, -0.1) is 0 Å². The molecule has 9 heteroatoms. The number of carbonyl (C=O) groups is 1. The molecule has 0 radical (unpaired) electrons. The van der Waals surface area contributed by atoms with Crippen LogP contribution >= 0.6 is 11.6 Å². The number of carbonyl (C=O) groups excluding carboxylic acids is 1. The Bertz CT molecular complexity index is 925. The number of benzene rings is 1. The van der Waals surface area contributed by atoms with Crippen molar-refractivity contribution in [1.82, 2.24) is 9.29 Å². The molecule has 0 atom stereocenters. The van der Waals surface area contributed by atoms with Gasteiger partial charge in [0.25, 0.3) is 0 Å². The van der Waals surface area contributed by atoms with E-state index in [1.807, 2.05) is 0 Å². The van der Waals surface area contributed by atoms with Gasteiger partial charge < -0.3 is 9.47 Å². The van der Waals surface area contributed by atoms with Gasteiger partial charge in [0.15, 0.2) is 0 Å². The lowest BCUT2D eigenvalue weighted by atomic mass is 10.2. The Balaban J connectivity index is 1.81. The standard InChI is InChI=1S/C18H19ClN2O5S/c1-25-15-6-5-14(10-16(15)27(23,24)21-8-2-3-9-21)18(22)26-12-13-4-7-17(19)20-11-13/h4-7,10-11H,2-3,8-9,12H2,1H3. The lowest BCUT2D eigenvalue weighted by molar-refractivity contribution is 0.0472. The summed E-state index contributed by atoms with van der Waals surface area (Å²) >= 11 is 5.72. The third kappa shape index (κ3) is 4.40. The van der Waals surface area contributed by atoms with Crippen LogP contribution in [0.25, 0.3) is 0 Å². The minimum Gasteiger partial charge on any atom is -0.495 e. The fraction of sp³-hybridized carbons (Fsp3) is 0.333. The Morgan fingerprint density at radius 1 is 1.22 bits per heavy atom. The van der Waals surface area contributed by atoms with Gasteiger partial charge >= 0.3 is 5.97 Å². The molecule has 0 unspecified atom stereocenters. The first-order valence-electron chi connectivity index (χ1n) is 8.37. The molecule has 1 saturated heterocycles. The number of ether oxygens (including phenoxy) is 2. The van der Waals surface area contributed by atoms with E-state index in [1.54, 1.807) is 12.1 Å². The molecule has 2 aromatic rings. The largest absolute Gasteiger partial charge is 0.495 e. The molecule has 7 nitrogen and oxygen atoms in total. The smallest absolute Gasteiger partial charge is 0.338 e. The van der Waals surface area contributed by atoms with Gasteiger partial charge in [-0.3, -0.25) is 0 Å². The summed E-state index contributed by atoms with van der Waals surface area (Å²) in [5.41, 5.74) is 0.807. The van der Waals surface area contributed by atoms with Gasteiger partial charge in [0, 0.05) is 24.8 Å². The molecule has 2 heterocycles. The molecule has 1 aliphatic heterocycles. The van der Waals surface area contributed by atoms with Crippen LogP contribution in [0.5, 0.6) is 5.75 Å². The van der Waals surface area contributed by atoms with Crippen LogP contribution in [0, 0.1) is 0 Å². The highest BCUT2D eigenvalue weighted by Crippen LogP contribution is 2.30. The molecule has 1 aliphatic rings. The molecule has 1 aromatic heterocycles. The lowest BCUT2D eigenvalue weighted by Gasteiger charge is -2.18. The monoisotopic (exact) mass is 410 g/mol. The van der Waals surface area contributed by atoms with Gasteiger partial charge in [-0.25, -0.2) is 18.2 Å². The van der Waals surface area contributed by atoms with Crippen LogP contribution in [0.1, 0.15) is 28.8 Å². The molecular formula is C18H19ClN2O5S. The predicted molar refractivity (Wildman–Crippen MR) is 99.4 cm³/mol. The number of hydrogen-bond donors (Lipinski definition) is 0. The number of esters is 1. The van der Waals surface area contributed by atoms with E-state index in [1.165, 1.54) is 35.8 Å². The second kappa shape index (κ2) is 8.24. The number of rotatable bonds is 6. The zero-order valence-corrected chi connectivity index (χ0v) is 16.3. The van der Waals surface area contributed by atoms with Crippen LogP contribution in [0.4, 0.5) is 0 Å². The molecule has 1 aromatic carbocycles. The topological polar surface area (TPSA) is 85.8 Å². The molecule has 0 saturated carbocycles. The van der Waals surface area contributed by atoms with Crippen molar-refractivity contribution in [3.05, 3.63) is 52.8 Å². The minimum absolute atomic E-state index is 0.00321. The molecular weight excluding hydrogens is 392 g/mol. The molecule has 0 amide bonds. The van der Waals surface area contributed by atoms with E-state index in [2.05, 4.69) is 4.98 Å². The van der Waals surface area contributed by atoms with E-state index in [4.69, 9.17) is 21.1 Å². The van der Waals surface area contributed by atoms with E-state index >= 15 is 0 Å². The highest BCUT2D eigenvalue weighted by molar-refractivity contribution is 7.89. The molecule has 144 valence electrons. The van der Waals surface area contributed by atoms with Crippen molar-refractivity contribution >= 4 is 27.6 Å². The van der Waals surface area contributed by atoms with Crippen LogP contribution in [-0.4, -0.2) is 43.9 Å². The first-order chi connectivity index (χ1) is 12.9. The minimum atomic E-state index is -3.73. The lowest BCUT2D eigenvalue weighted by Crippen LogP contribution is -2.28. The molecule has 27 heavy (non-hydrogen) atoms. The molecule has 0 spiro atoms. The van der Waals surface area contributed by atoms with Crippen LogP contribution in [0.3, 0.4) is 0 Å². The number of sulfonamides is 1. The molecule has 0 aliphatic carbocycles. The van der Waals surface area contributed by atoms with Crippen LogP contribution < -0.4 is 4.74 Å². The van der Waals surface area contributed by atoms with Gasteiger partial charge in [-0.2, -0.15) is 4.31 Å². The van der Waals surface area contributed by atoms with E-state index in [0.29, 0.717) is 23.8 Å². The summed E-state index contributed by atoms with van der Waals surface area (Å²) in [4.78, 5) is 16.2. The molecule has 0 bridgehead atoms. The van der Waals surface area contributed by atoms with E-state index in [-0.39, 0.29) is 22.8 Å². The van der Waals surface area contributed by atoms with Crippen molar-refractivity contribution in [1.29, 1.82) is 0 Å². The van der Waals surface area contributed by atoms with Crippen molar-refractivity contribution < 1.29 is 22.7 Å². The Hall–Kier alpha value is -2.16. The summed E-state index contributed by atoms with van der Waals surface area (Å²) in [6, 6.07) is 7.53. The third-order valence-corrected chi connectivity index (χ3v) is 6.38. The normalized spacial score (nSPS) is 14.9. The SMILES string of the molecule is COc1ccc(C(=O)OCc2ccc(Cl)nc2)cc1S(=O)(=O)N1CCCC1. The van der Waals surface area contributed by atoms with Gasteiger partial charge in [0.05, 0.1) is 12.7 Å². The molecule has 3 rings (SSSR count).